The van der Waals surface area contributed by atoms with E-state index in [0.717, 1.165) is 24.5 Å². The van der Waals surface area contributed by atoms with Crippen molar-refractivity contribution in [2.24, 2.45) is 11.8 Å². The van der Waals surface area contributed by atoms with Gasteiger partial charge in [-0.1, -0.05) is 32.6 Å². The molecule has 0 aromatic heterocycles. The summed E-state index contributed by atoms with van der Waals surface area (Å²) in [5.74, 6) is 1.86. The fourth-order valence-corrected chi connectivity index (χ4v) is 4.08. The number of rotatable bonds is 8. The van der Waals surface area contributed by atoms with Crippen LogP contribution in [0, 0.1) is 11.8 Å². The monoisotopic (exact) mass is 281 g/mol. The molecular weight excluding hydrogens is 246 g/mol. The Morgan fingerprint density at radius 1 is 1.05 bits per heavy atom. The quantitative estimate of drug-likeness (QED) is 0.660. The number of nitrogens with one attached hydrogen (secondary N) is 1. The first-order valence-electron chi connectivity index (χ1n) is 9.18. The van der Waals surface area contributed by atoms with E-state index in [-0.39, 0.29) is 0 Å². The topological polar surface area (TPSA) is 21.3 Å². The lowest BCUT2D eigenvalue weighted by Gasteiger charge is -2.39. The van der Waals surface area contributed by atoms with Crippen LogP contribution < -0.4 is 5.32 Å². The van der Waals surface area contributed by atoms with E-state index >= 15 is 0 Å². The van der Waals surface area contributed by atoms with Gasteiger partial charge in [0.2, 0.25) is 0 Å². The zero-order valence-electron chi connectivity index (χ0n) is 13.7. The van der Waals surface area contributed by atoms with Gasteiger partial charge in [-0.2, -0.15) is 0 Å². The number of ether oxygens (including phenoxy) is 1. The second-order valence-corrected chi connectivity index (χ2v) is 6.96. The molecule has 0 heterocycles. The highest BCUT2D eigenvalue weighted by Crippen LogP contribution is 2.37. The molecule has 20 heavy (non-hydrogen) atoms. The third-order valence-corrected chi connectivity index (χ3v) is 5.31. The minimum Gasteiger partial charge on any atom is -0.378 e. The molecule has 2 aliphatic carbocycles. The average molecular weight is 281 g/mol. The van der Waals surface area contributed by atoms with E-state index in [2.05, 4.69) is 19.2 Å². The Labute approximate surface area is 126 Å². The van der Waals surface area contributed by atoms with Gasteiger partial charge in [-0.15, -0.1) is 0 Å². The average Bonchev–Trinajstić information content (AvgIpc) is 2.69. The molecule has 2 aliphatic rings. The van der Waals surface area contributed by atoms with Crippen LogP contribution in [-0.2, 0) is 4.74 Å². The van der Waals surface area contributed by atoms with Gasteiger partial charge >= 0.3 is 0 Å². The maximum absolute atomic E-state index is 5.72. The zero-order valence-corrected chi connectivity index (χ0v) is 13.7. The SMILES string of the molecule is CCCNC(CC1CC(OCC)C1)C1CCCCCC1. The predicted molar refractivity (Wildman–Crippen MR) is 86.0 cm³/mol. The second-order valence-electron chi connectivity index (χ2n) is 6.96. The van der Waals surface area contributed by atoms with Gasteiger partial charge in [0.05, 0.1) is 6.10 Å². The molecule has 0 aliphatic heterocycles. The van der Waals surface area contributed by atoms with Crippen molar-refractivity contribution >= 4 is 0 Å². The van der Waals surface area contributed by atoms with Gasteiger partial charge < -0.3 is 10.1 Å². The molecule has 1 unspecified atom stereocenters. The molecule has 2 saturated carbocycles. The highest BCUT2D eigenvalue weighted by molar-refractivity contribution is 4.87. The molecule has 0 aromatic rings. The molecule has 118 valence electrons. The van der Waals surface area contributed by atoms with Crippen LogP contribution in [0.5, 0.6) is 0 Å². The lowest BCUT2D eigenvalue weighted by atomic mass is 9.75. The standard InChI is InChI=1S/C18H35NO/c1-3-11-19-18(16-9-7-5-6-8-10-16)14-15-12-17(13-15)20-4-2/h15-19H,3-14H2,1-2H3. The second kappa shape index (κ2) is 9.04. The maximum atomic E-state index is 5.72. The summed E-state index contributed by atoms with van der Waals surface area (Å²) in [6.45, 7) is 6.48. The van der Waals surface area contributed by atoms with Crippen molar-refractivity contribution < 1.29 is 4.74 Å². The van der Waals surface area contributed by atoms with Gasteiger partial charge in [0.25, 0.3) is 0 Å². The fraction of sp³-hybridized carbons (Fsp3) is 1.00. The van der Waals surface area contributed by atoms with Gasteiger partial charge in [0.1, 0.15) is 0 Å². The summed E-state index contributed by atoms with van der Waals surface area (Å²) < 4.78 is 5.72. The van der Waals surface area contributed by atoms with Gasteiger partial charge in [0.15, 0.2) is 0 Å². The minimum atomic E-state index is 0.575. The van der Waals surface area contributed by atoms with Gasteiger partial charge in [-0.05, 0) is 63.8 Å². The van der Waals surface area contributed by atoms with Gasteiger partial charge in [-0.25, -0.2) is 0 Å². The van der Waals surface area contributed by atoms with Crippen molar-refractivity contribution in [1.29, 1.82) is 0 Å². The van der Waals surface area contributed by atoms with Crippen LogP contribution in [0.15, 0.2) is 0 Å². The van der Waals surface area contributed by atoms with Gasteiger partial charge in [0, 0.05) is 12.6 Å². The molecular formula is C18H35NO. The van der Waals surface area contributed by atoms with Crippen molar-refractivity contribution in [2.75, 3.05) is 13.2 Å². The Morgan fingerprint density at radius 2 is 1.75 bits per heavy atom. The molecule has 0 spiro atoms. The predicted octanol–water partition coefficient (Wildman–Crippen LogP) is 4.53. The third-order valence-electron chi connectivity index (χ3n) is 5.31. The smallest absolute Gasteiger partial charge is 0.0580 e. The summed E-state index contributed by atoms with van der Waals surface area (Å²) in [4.78, 5) is 0. The Kier molecular flexibility index (Phi) is 7.37. The van der Waals surface area contributed by atoms with Crippen LogP contribution in [0.4, 0.5) is 0 Å². The summed E-state index contributed by atoms with van der Waals surface area (Å²) in [7, 11) is 0. The van der Waals surface area contributed by atoms with E-state index in [0.29, 0.717) is 6.10 Å². The first-order chi connectivity index (χ1) is 9.83. The van der Waals surface area contributed by atoms with Gasteiger partial charge in [-0.3, -0.25) is 0 Å². The Bertz CT molecular complexity index is 242. The summed E-state index contributed by atoms with van der Waals surface area (Å²) in [6.07, 6.45) is 14.6. The highest BCUT2D eigenvalue weighted by atomic mass is 16.5. The third kappa shape index (κ3) is 5.04. The largest absolute Gasteiger partial charge is 0.378 e. The Hall–Kier alpha value is -0.0800. The number of hydrogen-bond acceptors (Lipinski definition) is 2. The van der Waals surface area contributed by atoms with Crippen LogP contribution in [-0.4, -0.2) is 25.3 Å². The Morgan fingerprint density at radius 3 is 2.35 bits per heavy atom. The molecule has 2 nitrogen and oxygen atoms in total. The van der Waals surface area contributed by atoms with Crippen molar-refractivity contribution in [3.05, 3.63) is 0 Å². The van der Waals surface area contributed by atoms with Crippen LogP contribution in [0.25, 0.3) is 0 Å². The first kappa shape index (κ1) is 16.3. The summed E-state index contributed by atoms with van der Waals surface area (Å²) >= 11 is 0. The van der Waals surface area contributed by atoms with Crippen molar-refractivity contribution in [1.82, 2.24) is 5.32 Å². The lowest BCUT2D eigenvalue weighted by molar-refractivity contribution is -0.0309. The van der Waals surface area contributed by atoms with Crippen molar-refractivity contribution in [3.8, 4) is 0 Å². The van der Waals surface area contributed by atoms with E-state index in [4.69, 9.17) is 4.74 Å². The summed E-state index contributed by atoms with van der Waals surface area (Å²) in [5, 5.41) is 3.87. The molecule has 0 amide bonds. The van der Waals surface area contributed by atoms with Crippen LogP contribution in [0.1, 0.15) is 78.1 Å². The van der Waals surface area contributed by atoms with E-state index in [1.54, 1.807) is 0 Å². The molecule has 0 radical (unpaired) electrons. The minimum absolute atomic E-state index is 0.575. The van der Waals surface area contributed by atoms with Crippen LogP contribution in [0.3, 0.4) is 0 Å². The summed E-state index contributed by atoms with van der Waals surface area (Å²) in [5.41, 5.74) is 0. The normalized spacial score (nSPS) is 29.7. The van der Waals surface area contributed by atoms with Crippen molar-refractivity contribution in [2.45, 2.75) is 90.2 Å². The molecule has 2 rings (SSSR count). The molecule has 2 fully saturated rings. The summed E-state index contributed by atoms with van der Waals surface area (Å²) in [6, 6.07) is 0.778. The highest BCUT2D eigenvalue weighted by Gasteiger charge is 2.33. The maximum Gasteiger partial charge on any atom is 0.0580 e. The molecule has 0 bridgehead atoms. The fourth-order valence-electron chi connectivity index (χ4n) is 4.08. The first-order valence-corrected chi connectivity index (χ1v) is 9.18. The lowest BCUT2D eigenvalue weighted by Crippen LogP contribution is -2.42. The van der Waals surface area contributed by atoms with E-state index in [9.17, 15) is 0 Å². The Balaban J connectivity index is 1.77. The van der Waals surface area contributed by atoms with Crippen LogP contribution in [0.2, 0.25) is 0 Å². The molecule has 0 saturated heterocycles. The molecule has 1 N–H and O–H groups in total. The van der Waals surface area contributed by atoms with E-state index in [1.165, 1.54) is 70.8 Å². The van der Waals surface area contributed by atoms with E-state index < -0.39 is 0 Å². The van der Waals surface area contributed by atoms with E-state index in [1.807, 2.05) is 0 Å². The molecule has 0 aromatic carbocycles. The van der Waals surface area contributed by atoms with Crippen molar-refractivity contribution in [3.63, 3.8) is 0 Å². The van der Waals surface area contributed by atoms with Crippen LogP contribution >= 0.6 is 0 Å². The molecule has 2 heteroatoms. The zero-order chi connectivity index (χ0) is 14.2. The molecule has 1 atom stereocenters. The number of hydrogen-bond donors (Lipinski definition) is 1.